The summed E-state index contributed by atoms with van der Waals surface area (Å²) in [5, 5.41) is 3.96. The number of benzene rings is 1. The fourth-order valence-corrected chi connectivity index (χ4v) is 2.25. The molecule has 2 rings (SSSR count). The largest absolute Gasteiger partial charge is 0.324 e. The molecule has 1 aromatic heterocycles. The standard InChI is InChI=1S/C15H17BrN2O/c1-3-10(2)7-14(19)18-13-6-4-5-11-8-12(16)9-17-15(11)13/h4-6,8-10H,3,7H2,1-2H3,(H,18,19). The molecule has 1 heterocycles. The van der Waals surface area contributed by atoms with Gasteiger partial charge in [0.1, 0.15) is 0 Å². The van der Waals surface area contributed by atoms with Crippen molar-refractivity contribution in [3.05, 3.63) is 34.9 Å². The monoisotopic (exact) mass is 320 g/mol. The van der Waals surface area contributed by atoms with Gasteiger partial charge in [0.05, 0.1) is 11.2 Å². The summed E-state index contributed by atoms with van der Waals surface area (Å²) >= 11 is 3.40. The highest BCUT2D eigenvalue weighted by Gasteiger charge is 2.10. The van der Waals surface area contributed by atoms with E-state index >= 15 is 0 Å². The van der Waals surface area contributed by atoms with E-state index in [2.05, 4.69) is 40.1 Å². The van der Waals surface area contributed by atoms with Gasteiger partial charge in [0.2, 0.25) is 5.91 Å². The van der Waals surface area contributed by atoms with E-state index in [1.165, 1.54) is 0 Å². The number of carbonyl (C=O) groups excluding carboxylic acids is 1. The van der Waals surface area contributed by atoms with Crippen molar-refractivity contribution in [2.24, 2.45) is 5.92 Å². The van der Waals surface area contributed by atoms with Crippen molar-refractivity contribution in [2.45, 2.75) is 26.7 Å². The maximum absolute atomic E-state index is 11.9. The van der Waals surface area contributed by atoms with Crippen molar-refractivity contribution in [3.63, 3.8) is 0 Å². The molecule has 0 radical (unpaired) electrons. The van der Waals surface area contributed by atoms with Crippen LogP contribution < -0.4 is 5.32 Å². The third-order valence-electron chi connectivity index (χ3n) is 3.18. The Morgan fingerprint density at radius 1 is 1.47 bits per heavy atom. The Hall–Kier alpha value is -1.42. The molecule has 100 valence electrons. The highest BCUT2D eigenvalue weighted by Crippen LogP contribution is 2.24. The maximum Gasteiger partial charge on any atom is 0.224 e. The number of hydrogen-bond donors (Lipinski definition) is 1. The summed E-state index contributed by atoms with van der Waals surface area (Å²) in [4.78, 5) is 16.3. The van der Waals surface area contributed by atoms with Gasteiger partial charge in [-0.25, -0.2) is 0 Å². The van der Waals surface area contributed by atoms with E-state index in [4.69, 9.17) is 0 Å². The van der Waals surface area contributed by atoms with Crippen LogP contribution in [0.1, 0.15) is 26.7 Å². The molecule has 1 N–H and O–H groups in total. The summed E-state index contributed by atoms with van der Waals surface area (Å²) in [6.07, 6.45) is 3.30. The molecular weight excluding hydrogens is 304 g/mol. The molecule has 3 nitrogen and oxygen atoms in total. The Balaban J connectivity index is 2.23. The van der Waals surface area contributed by atoms with Crippen molar-refractivity contribution in [1.82, 2.24) is 4.98 Å². The van der Waals surface area contributed by atoms with Crippen LogP contribution in [-0.2, 0) is 4.79 Å². The number of anilines is 1. The lowest BCUT2D eigenvalue weighted by Gasteiger charge is -2.11. The van der Waals surface area contributed by atoms with Crippen LogP contribution in [0, 0.1) is 5.92 Å². The molecule has 0 aliphatic carbocycles. The number of amides is 1. The molecule has 1 unspecified atom stereocenters. The first-order valence-corrected chi connectivity index (χ1v) is 7.23. The summed E-state index contributed by atoms with van der Waals surface area (Å²) in [7, 11) is 0. The molecule has 0 spiro atoms. The zero-order valence-electron chi connectivity index (χ0n) is 11.1. The average Bonchev–Trinajstić information content (AvgIpc) is 2.38. The Morgan fingerprint density at radius 2 is 2.26 bits per heavy atom. The zero-order valence-corrected chi connectivity index (χ0v) is 12.7. The fraction of sp³-hybridized carbons (Fsp3) is 0.333. The maximum atomic E-state index is 11.9. The number of carbonyl (C=O) groups is 1. The zero-order chi connectivity index (χ0) is 13.8. The normalized spacial score (nSPS) is 12.4. The van der Waals surface area contributed by atoms with Gasteiger partial charge in [0.25, 0.3) is 0 Å². The molecule has 0 aliphatic rings. The number of nitrogens with zero attached hydrogens (tertiary/aromatic N) is 1. The molecule has 0 bridgehead atoms. The predicted molar refractivity (Wildman–Crippen MR) is 82.1 cm³/mol. The summed E-state index contributed by atoms with van der Waals surface area (Å²) in [5.41, 5.74) is 1.60. The smallest absolute Gasteiger partial charge is 0.224 e. The Morgan fingerprint density at radius 3 is 3.00 bits per heavy atom. The molecule has 4 heteroatoms. The van der Waals surface area contributed by atoms with Crippen molar-refractivity contribution in [2.75, 3.05) is 5.32 Å². The van der Waals surface area contributed by atoms with Crippen LogP contribution in [0.3, 0.4) is 0 Å². The van der Waals surface area contributed by atoms with Gasteiger partial charge in [-0.3, -0.25) is 9.78 Å². The number of hydrogen-bond acceptors (Lipinski definition) is 2. The van der Waals surface area contributed by atoms with E-state index < -0.39 is 0 Å². The molecule has 19 heavy (non-hydrogen) atoms. The minimum atomic E-state index is 0.0477. The van der Waals surface area contributed by atoms with Crippen LogP contribution in [0.4, 0.5) is 5.69 Å². The topological polar surface area (TPSA) is 42.0 Å². The molecule has 1 aromatic carbocycles. The molecular formula is C15H17BrN2O. The van der Waals surface area contributed by atoms with E-state index in [-0.39, 0.29) is 5.91 Å². The molecule has 0 fully saturated rings. The first-order chi connectivity index (χ1) is 9.10. The number of aromatic nitrogens is 1. The number of nitrogens with one attached hydrogen (secondary N) is 1. The van der Waals surface area contributed by atoms with Crippen molar-refractivity contribution < 1.29 is 4.79 Å². The second-order valence-corrected chi connectivity index (χ2v) is 5.71. The Kier molecular flexibility index (Phi) is 4.53. The van der Waals surface area contributed by atoms with Gasteiger partial charge in [0.15, 0.2) is 0 Å². The van der Waals surface area contributed by atoms with Gasteiger partial charge in [-0.1, -0.05) is 32.4 Å². The molecule has 1 atom stereocenters. The molecule has 1 amide bonds. The van der Waals surface area contributed by atoms with Crippen molar-refractivity contribution in [1.29, 1.82) is 0 Å². The second kappa shape index (κ2) is 6.15. The van der Waals surface area contributed by atoms with E-state index in [0.29, 0.717) is 12.3 Å². The fourth-order valence-electron chi connectivity index (χ4n) is 1.90. The SMILES string of the molecule is CCC(C)CC(=O)Nc1cccc2cc(Br)cnc12. The summed E-state index contributed by atoms with van der Waals surface area (Å²) in [5.74, 6) is 0.448. The van der Waals surface area contributed by atoms with E-state index in [0.717, 1.165) is 27.5 Å². The summed E-state index contributed by atoms with van der Waals surface area (Å²) < 4.78 is 0.933. The van der Waals surface area contributed by atoms with Gasteiger partial charge < -0.3 is 5.32 Å². The van der Waals surface area contributed by atoms with Crippen LogP contribution in [-0.4, -0.2) is 10.9 Å². The van der Waals surface area contributed by atoms with Crippen LogP contribution in [0.2, 0.25) is 0 Å². The number of fused-ring (bicyclic) bond motifs is 1. The number of halogens is 1. The first-order valence-electron chi connectivity index (χ1n) is 6.44. The second-order valence-electron chi connectivity index (χ2n) is 4.80. The lowest BCUT2D eigenvalue weighted by molar-refractivity contribution is -0.117. The first kappa shape index (κ1) is 14.0. The van der Waals surface area contributed by atoms with Crippen LogP contribution in [0.15, 0.2) is 34.9 Å². The highest BCUT2D eigenvalue weighted by molar-refractivity contribution is 9.10. The van der Waals surface area contributed by atoms with Crippen molar-refractivity contribution >= 4 is 38.4 Å². The van der Waals surface area contributed by atoms with Gasteiger partial charge in [-0.2, -0.15) is 0 Å². The van der Waals surface area contributed by atoms with E-state index in [1.807, 2.05) is 24.3 Å². The third kappa shape index (κ3) is 3.53. The Labute approximate surface area is 121 Å². The van der Waals surface area contributed by atoms with Gasteiger partial charge in [-0.15, -0.1) is 0 Å². The van der Waals surface area contributed by atoms with Crippen LogP contribution in [0.25, 0.3) is 10.9 Å². The molecule has 0 saturated carbocycles. The lowest BCUT2D eigenvalue weighted by Crippen LogP contribution is -2.15. The number of pyridine rings is 1. The van der Waals surface area contributed by atoms with Gasteiger partial charge in [0, 0.05) is 22.5 Å². The third-order valence-corrected chi connectivity index (χ3v) is 3.62. The van der Waals surface area contributed by atoms with E-state index in [1.54, 1.807) is 6.20 Å². The van der Waals surface area contributed by atoms with Crippen molar-refractivity contribution in [3.8, 4) is 0 Å². The highest BCUT2D eigenvalue weighted by atomic mass is 79.9. The minimum Gasteiger partial charge on any atom is -0.324 e. The van der Waals surface area contributed by atoms with Gasteiger partial charge in [-0.05, 0) is 34.0 Å². The molecule has 2 aromatic rings. The lowest BCUT2D eigenvalue weighted by atomic mass is 10.0. The average molecular weight is 321 g/mol. The minimum absolute atomic E-state index is 0.0477. The quantitative estimate of drug-likeness (QED) is 0.908. The Bertz CT molecular complexity index is 598. The van der Waals surface area contributed by atoms with Crippen LogP contribution in [0.5, 0.6) is 0 Å². The molecule has 0 aliphatic heterocycles. The van der Waals surface area contributed by atoms with Crippen LogP contribution >= 0.6 is 15.9 Å². The summed E-state index contributed by atoms with van der Waals surface area (Å²) in [6.45, 7) is 4.17. The molecule has 0 saturated heterocycles. The number of para-hydroxylation sites is 1. The predicted octanol–water partition coefficient (Wildman–Crippen LogP) is 4.37. The number of rotatable bonds is 4. The summed E-state index contributed by atoms with van der Waals surface area (Å²) in [6, 6.07) is 7.79. The van der Waals surface area contributed by atoms with E-state index in [9.17, 15) is 4.79 Å². The van der Waals surface area contributed by atoms with Gasteiger partial charge >= 0.3 is 0 Å².